The van der Waals surface area contributed by atoms with Gasteiger partial charge in [0, 0.05) is 5.56 Å². The van der Waals surface area contributed by atoms with Crippen LogP contribution in [0.3, 0.4) is 0 Å². The molecule has 0 bridgehead atoms. The molecule has 1 N–H and O–H groups in total. The van der Waals surface area contributed by atoms with Crippen LogP contribution in [0.15, 0.2) is 54.6 Å². The molecule has 0 spiro atoms. The highest BCUT2D eigenvalue weighted by Crippen LogP contribution is 2.23. The van der Waals surface area contributed by atoms with Crippen LogP contribution < -0.4 is 10.2 Å². The van der Waals surface area contributed by atoms with Gasteiger partial charge in [-0.05, 0) is 61.5 Å². The number of benzene rings is 2. The zero-order valence-electron chi connectivity index (χ0n) is 14.4. The molecule has 0 atom stereocenters. The van der Waals surface area contributed by atoms with E-state index in [1.54, 1.807) is 56.5 Å². The van der Waals surface area contributed by atoms with Crippen LogP contribution in [0.4, 0.5) is 4.39 Å². The highest BCUT2D eigenvalue weighted by Gasteiger charge is 2.18. The number of ether oxygens (including phenoxy) is 1. The van der Waals surface area contributed by atoms with E-state index in [0.29, 0.717) is 35.0 Å². The lowest BCUT2D eigenvalue weighted by molar-refractivity contribution is 0.0357. The summed E-state index contributed by atoms with van der Waals surface area (Å²) >= 11 is 0. The van der Waals surface area contributed by atoms with Crippen molar-refractivity contribution in [2.24, 2.45) is 0 Å². The summed E-state index contributed by atoms with van der Waals surface area (Å²) in [5, 5.41) is 4.50. The Morgan fingerprint density at radius 1 is 1.15 bits per heavy atom. The third-order valence-electron chi connectivity index (χ3n) is 3.71. The van der Waals surface area contributed by atoms with Gasteiger partial charge in [0.1, 0.15) is 17.3 Å². The zero-order valence-corrected chi connectivity index (χ0v) is 14.4. The van der Waals surface area contributed by atoms with Crippen molar-refractivity contribution in [1.82, 2.24) is 15.3 Å². The van der Waals surface area contributed by atoms with Crippen molar-refractivity contribution < 1.29 is 18.8 Å². The molecule has 26 heavy (non-hydrogen) atoms. The first-order valence-corrected chi connectivity index (χ1v) is 8.05. The molecule has 7 heteroatoms. The van der Waals surface area contributed by atoms with Crippen molar-refractivity contribution in [3.63, 3.8) is 0 Å². The van der Waals surface area contributed by atoms with Gasteiger partial charge >= 0.3 is 0 Å². The molecule has 3 aromatic rings. The maximum Gasteiger partial charge on any atom is 0.293 e. The Labute approximate surface area is 150 Å². The Hall–Kier alpha value is -3.19. The number of hydroxylamine groups is 1. The number of hydrogen-bond acceptors (Lipinski definition) is 4. The average Bonchev–Trinajstić information content (AvgIpc) is 3.12. The molecule has 1 aromatic heterocycles. The molecule has 134 valence electrons. The molecule has 0 radical (unpaired) electrons. The minimum Gasteiger partial charge on any atom is -0.497 e. The van der Waals surface area contributed by atoms with E-state index in [1.807, 2.05) is 0 Å². The first kappa shape index (κ1) is 17.6. The number of halogens is 1. The van der Waals surface area contributed by atoms with E-state index in [0.717, 1.165) is 0 Å². The van der Waals surface area contributed by atoms with Gasteiger partial charge in [-0.3, -0.25) is 9.63 Å². The number of methoxy groups -OCH3 is 1. The maximum absolute atomic E-state index is 13.2. The highest BCUT2D eigenvalue weighted by atomic mass is 19.1. The molecule has 1 amide bonds. The summed E-state index contributed by atoms with van der Waals surface area (Å²) in [6, 6.07) is 14.7. The quantitative estimate of drug-likeness (QED) is 0.689. The number of aromatic nitrogens is 2. The summed E-state index contributed by atoms with van der Waals surface area (Å²) < 4.78 is 19.8. The average molecular weight is 355 g/mol. The normalized spacial score (nSPS) is 10.6. The van der Waals surface area contributed by atoms with Gasteiger partial charge in [-0.1, -0.05) is 0 Å². The van der Waals surface area contributed by atoms with Crippen LogP contribution in [0, 0.1) is 5.82 Å². The fourth-order valence-corrected chi connectivity index (χ4v) is 2.41. The fourth-order valence-electron chi connectivity index (χ4n) is 2.41. The van der Waals surface area contributed by atoms with Crippen LogP contribution in [-0.4, -0.2) is 29.4 Å². The number of nitrogens with zero attached hydrogens (tertiary/aromatic N) is 2. The smallest absolute Gasteiger partial charge is 0.293 e. The van der Waals surface area contributed by atoms with E-state index >= 15 is 0 Å². The Morgan fingerprint density at radius 3 is 2.46 bits per heavy atom. The van der Waals surface area contributed by atoms with Crippen LogP contribution in [-0.2, 0) is 4.84 Å². The zero-order chi connectivity index (χ0) is 18.5. The van der Waals surface area contributed by atoms with Gasteiger partial charge in [-0.25, -0.2) is 14.6 Å². The van der Waals surface area contributed by atoms with Gasteiger partial charge in [0.2, 0.25) is 0 Å². The molecule has 2 aromatic carbocycles. The van der Waals surface area contributed by atoms with Crippen molar-refractivity contribution in [2.75, 3.05) is 13.7 Å². The monoisotopic (exact) mass is 355 g/mol. The molecule has 0 saturated heterocycles. The third-order valence-corrected chi connectivity index (χ3v) is 3.71. The van der Waals surface area contributed by atoms with E-state index in [4.69, 9.17) is 9.57 Å². The predicted molar refractivity (Wildman–Crippen MR) is 94.6 cm³/mol. The van der Waals surface area contributed by atoms with E-state index in [2.05, 4.69) is 10.6 Å². The van der Waals surface area contributed by atoms with Gasteiger partial charge in [0.05, 0.1) is 25.1 Å². The van der Waals surface area contributed by atoms with E-state index in [9.17, 15) is 9.18 Å². The molecule has 0 fully saturated rings. The van der Waals surface area contributed by atoms with Crippen LogP contribution >= 0.6 is 0 Å². The minimum absolute atomic E-state index is 0.294. The summed E-state index contributed by atoms with van der Waals surface area (Å²) in [6.07, 6.45) is 0. The SMILES string of the molecule is CCONC(=O)c1cc(-c2ccc(F)cc2)nn1-c1ccc(OC)cc1. The minimum atomic E-state index is -0.427. The van der Waals surface area contributed by atoms with Crippen molar-refractivity contribution in [1.29, 1.82) is 0 Å². The highest BCUT2D eigenvalue weighted by molar-refractivity contribution is 5.93. The summed E-state index contributed by atoms with van der Waals surface area (Å²) in [4.78, 5) is 17.4. The number of carbonyl (C=O) groups excluding carboxylic acids is 1. The second-order valence-electron chi connectivity index (χ2n) is 5.40. The summed E-state index contributed by atoms with van der Waals surface area (Å²) in [7, 11) is 1.58. The van der Waals surface area contributed by atoms with Gasteiger partial charge < -0.3 is 4.74 Å². The molecular formula is C19H18FN3O3. The van der Waals surface area contributed by atoms with Crippen LogP contribution in [0.25, 0.3) is 16.9 Å². The number of nitrogens with one attached hydrogen (secondary N) is 1. The second-order valence-corrected chi connectivity index (χ2v) is 5.40. The molecule has 0 aliphatic rings. The summed E-state index contributed by atoms with van der Waals surface area (Å²) in [6.45, 7) is 2.11. The molecular weight excluding hydrogens is 337 g/mol. The number of hydrogen-bond donors (Lipinski definition) is 1. The lowest BCUT2D eigenvalue weighted by Crippen LogP contribution is -2.26. The first-order chi connectivity index (χ1) is 12.6. The van der Waals surface area contributed by atoms with Crippen LogP contribution in [0.1, 0.15) is 17.4 Å². The fraction of sp³-hybridized carbons (Fsp3) is 0.158. The van der Waals surface area contributed by atoms with Gasteiger partial charge in [0.25, 0.3) is 5.91 Å². The van der Waals surface area contributed by atoms with Gasteiger partial charge in [0.15, 0.2) is 0 Å². The molecule has 0 aliphatic heterocycles. The number of amides is 1. The van der Waals surface area contributed by atoms with Crippen molar-refractivity contribution in [2.45, 2.75) is 6.92 Å². The summed E-state index contributed by atoms with van der Waals surface area (Å²) in [5.41, 5.74) is 4.59. The molecule has 0 aliphatic carbocycles. The molecule has 0 unspecified atom stereocenters. The second kappa shape index (κ2) is 7.79. The number of rotatable bonds is 6. The Morgan fingerprint density at radius 2 is 1.85 bits per heavy atom. The predicted octanol–water partition coefficient (Wildman–Crippen LogP) is 3.37. The lowest BCUT2D eigenvalue weighted by Gasteiger charge is -2.08. The topological polar surface area (TPSA) is 65.4 Å². The van der Waals surface area contributed by atoms with E-state index in [-0.39, 0.29) is 5.82 Å². The Balaban J connectivity index is 2.04. The third kappa shape index (κ3) is 3.73. The molecule has 6 nitrogen and oxygen atoms in total. The van der Waals surface area contributed by atoms with E-state index in [1.165, 1.54) is 16.8 Å². The maximum atomic E-state index is 13.2. The van der Waals surface area contributed by atoms with Gasteiger partial charge in [-0.2, -0.15) is 5.10 Å². The Kier molecular flexibility index (Phi) is 5.28. The van der Waals surface area contributed by atoms with Crippen molar-refractivity contribution in [3.05, 3.63) is 66.1 Å². The molecule has 3 rings (SSSR count). The summed E-state index contributed by atoms with van der Waals surface area (Å²) in [5.74, 6) is -0.0684. The van der Waals surface area contributed by atoms with Crippen LogP contribution in [0.5, 0.6) is 5.75 Å². The number of carbonyl (C=O) groups is 1. The first-order valence-electron chi connectivity index (χ1n) is 8.05. The lowest BCUT2D eigenvalue weighted by atomic mass is 10.1. The molecule has 0 saturated carbocycles. The van der Waals surface area contributed by atoms with Crippen molar-refractivity contribution >= 4 is 5.91 Å². The van der Waals surface area contributed by atoms with E-state index < -0.39 is 5.91 Å². The standard InChI is InChI=1S/C19H18FN3O3/c1-3-26-22-19(24)18-12-17(13-4-6-14(20)7-5-13)21-23(18)15-8-10-16(25-2)11-9-15/h4-12H,3H2,1-2H3,(H,22,24). The van der Waals surface area contributed by atoms with Gasteiger partial charge in [-0.15, -0.1) is 0 Å². The Bertz CT molecular complexity index is 889. The largest absolute Gasteiger partial charge is 0.497 e. The van der Waals surface area contributed by atoms with Crippen molar-refractivity contribution in [3.8, 4) is 22.7 Å². The van der Waals surface area contributed by atoms with Crippen LogP contribution in [0.2, 0.25) is 0 Å². The molecule has 1 heterocycles.